The van der Waals surface area contributed by atoms with Crippen molar-refractivity contribution in [2.24, 2.45) is 11.7 Å². The molecule has 2 rings (SSSR count). The molecule has 1 aliphatic heterocycles. The zero-order valence-corrected chi connectivity index (χ0v) is 9.73. The molecule has 1 heterocycles. The van der Waals surface area contributed by atoms with Crippen molar-refractivity contribution < 1.29 is 4.74 Å². The predicted octanol–water partition coefficient (Wildman–Crippen LogP) is 0.999. The zero-order chi connectivity index (χ0) is 10.8. The SMILES string of the molecule is CC1OCCC1N(C)CC1C=CC(N)C1. The van der Waals surface area contributed by atoms with Crippen molar-refractivity contribution in [1.29, 1.82) is 0 Å². The number of likely N-dealkylation sites (N-methyl/N-ethyl adjacent to an activating group) is 1. The molecule has 15 heavy (non-hydrogen) atoms. The molecule has 1 aliphatic carbocycles. The summed E-state index contributed by atoms with van der Waals surface area (Å²) in [6, 6.07) is 0.871. The summed E-state index contributed by atoms with van der Waals surface area (Å²) in [6.45, 7) is 4.20. The van der Waals surface area contributed by atoms with Gasteiger partial charge in [0.2, 0.25) is 0 Å². The molecule has 0 amide bonds. The molecule has 86 valence electrons. The molecule has 1 fully saturated rings. The quantitative estimate of drug-likeness (QED) is 0.706. The highest BCUT2D eigenvalue weighted by atomic mass is 16.5. The van der Waals surface area contributed by atoms with Gasteiger partial charge < -0.3 is 15.4 Å². The molecule has 2 aliphatic rings. The number of nitrogens with zero attached hydrogens (tertiary/aromatic N) is 1. The van der Waals surface area contributed by atoms with Crippen molar-refractivity contribution in [1.82, 2.24) is 4.90 Å². The number of nitrogens with two attached hydrogens (primary N) is 1. The van der Waals surface area contributed by atoms with Crippen LogP contribution in [0.25, 0.3) is 0 Å². The number of hydrogen-bond acceptors (Lipinski definition) is 3. The van der Waals surface area contributed by atoms with Gasteiger partial charge in [-0.15, -0.1) is 0 Å². The Balaban J connectivity index is 1.81. The Kier molecular flexibility index (Phi) is 3.44. The van der Waals surface area contributed by atoms with Gasteiger partial charge in [0.15, 0.2) is 0 Å². The summed E-state index contributed by atoms with van der Waals surface area (Å²) in [5.41, 5.74) is 5.85. The fraction of sp³-hybridized carbons (Fsp3) is 0.833. The fourth-order valence-corrected chi connectivity index (χ4v) is 2.75. The normalized spacial score (nSPS) is 40.5. The first-order chi connectivity index (χ1) is 7.16. The molecule has 0 bridgehead atoms. The molecule has 2 N–H and O–H groups in total. The standard InChI is InChI=1S/C12H22N2O/c1-9-12(5-6-15-9)14(2)8-10-3-4-11(13)7-10/h3-4,9-12H,5-8,13H2,1-2H3. The van der Waals surface area contributed by atoms with E-state index >= 15 is 0 Å². The third kappa shape index (κ3) is 2.60. The Morgan fingerprint density at radius 1 is 1.47 bits per heavy atom. The molecular formula is C12H22N2O. The van der Waals surface area contributed by atoms with Gasteiger partial charge in [-0.25, -0.2) is 0 Å². The number of rotatable bonds is 3. The maximum Gasteiger partial charge on any atom is 0.0702 e. The second-order valence-electron chi connectivity index (χ2n) is 4.92. The summed E-state index contributed by atoms with van der Waals surface area (Å²) in [4.78, 5) is 2.44. The Labute approximate surface area is 92.3 Å². The van der Waals surface area contributed by atoms with Gasteiger partial charge in [-0.2, -0.15) is 0 Å². The minimum Gasteiger partial charge on any atom is -0.377 e. The summed E-state index contributed by atoms with van der Waals surface area (Å²) in [5, 5.41) is 0. The number of ether oxygens (including phenoxy) is 1. The molecule has 0 saturated carbocycles. The van der Waals surface area contributed by atoms with Crippen LogP contribution in [0.4, 0.5) is 0 Å². The van der Waals surface area contributed by atoms with Gasteiger partial charge in [0.1, 0.15) is 0 Å². The molecule has 3 nitrogen and oxygen atoms in total. The van der Waals surface area contributed by atoms with Crippen LogP contribution in [0.3, 0.4) is 0 Å². The molecule has 1 saturated heterocycles. The average Bonchev–Trinajstić information content (AvgIpc) is 2.75. The van der Waals surface area contributed by atoms with E-state index in [0.29, 0.717) is 18.1 Å². The van der Waals surface area contributed by atoms with Crippen molar-refractivity contribution in [3.8, 4) is 0 Å². The smallest absolute Gasteiger partial charge is 0.0702 e. The van der Waals surface area contributed by atoms with Gasteiger partial charge in [0.25, 0.3) is 0 Å². The van der Waals surface area contributed by atoms with Crippen LogP contribution >= 0.6 is 0 Å². The van der Waals surface area contributed by atoms with E-state index < -0.39 is 0 Å². The topological polar surface area (TPSA) is 38.5 Å². The molecule has 0 aromatic rings. The van der Waals surface area contributed by atoms with E-state index in [-0.39, 0.29) is 6.04 Å². The van der Waals surface area contributed by atoms with Crippen LogP contribution in [-0.2, 0) is 4.74 Å². The Morgan fingerprint density at radius 3 is 2.80 bits per heavy atom. The zero-order valence-electron chi connectivity index (χ0n) is 9.73. The second kappa shape index (κ2) is 4.64. The third-order valence-corrected chi connectivity index (χ3v) is 3.63. The molecule has 0 spiro atoms. The number of hydrogen-bond donors (Lipinski definition) is 1. The maximum absolute atomic E-state index is 5.85. The Morgan fingerprint density at radius 2 is 2.27 bits per heavy atom. The summed E-state index contributed by atoms with van der Waals surface area (Å²) in [5.74, 6) is 0.637. The lowest BCUT2D eigenvalue weighted by molar-refractivity contribution is 0.0803. The minimum absolute atomic E-state index is 0.278. The van der Waals surface area contributed by atoms with Crippen LogP contribution in [0.1, 0.15) is 19.8 Å². The van der Waals surface area contributed by atoms with E-state index in [1.54, 1.807) is 0 Å². The lowest BCUT2D eigenvalue weighted by Crippen LogP contribution is -2.39. The first-order valence-electron chi connectivity index (χ1n) is 5.92. The van der Waals surface area contributed by atoms with Crippen LogP contribution in [0.5, 0.6) is 0 Å². The summed E-state index contributed by atoms with van der Waals surface area (Å²) >= 11 is 0. The van der Waals surface area contributed by atoms with Crippen molar-refractivity contribution in [3.05, 3.63) is 12.2 Å². The highest BCUT2D eigenvalue weighted by Crippen LogP contribution is 2.22. The Hall–Kier alpha value is -0.380. The van der Waals surface area contributed by atoms with E-state index in [4.69, 9.17) is 10.5 Å². The van der Waals surface area contributed by atoms with E-state index in [1.165, 1.54) is 6.42 Å². The molecule has 3 heteroatoms. The maximum atomic E-state index is 5.85. The highest BCUT2D eigenvalue weighted by molar-refractivity contribution is 5.05. The predicted molar refractivity (Wildman–Crippen MR) is 61.7 cm³/mol. The highest BCUT2D eigenvalue weighted by Gasteiger charge is 2.29. The molecular weight excluding hydrogens is 188 g/mol. The van der Waals surface area contributed by atoms with Gasteiger partial charge >= 0.3 is 0 Å². The third-order valence-electron chi connectivity index (χ3n) is 3.63. The van der Waals surface area contributed by atoms with Gasteiger partial charge in [0, 0.05) is 25.2 Å². The van der Waals surface area contributed by atoms with Crippen LogP contribution in [0.2, 0.25) is 0 Å². The van der Waals surface area contributed by atoms with Crippen LogP contribution in [0, 0.1) is 5.92 Å². The second-order valence-corrected chi connectivity index (χ2v) is 4.92. The van der Waals surface area contributed by atoms with Crippen molar-refractivity contribution in [2.45, 2.75) is 38.0 Å². The summed E-state index contributed by atoms with van der Waals surface area (Å²) < 4.78 is 5.59. The molecule has 0 radical (unpaired) electrons. The minimum atomic E-state index is 0.278. The van der Waals surface area contributed by atoms with Crippen LogP contribution in [-0.4, -0.2) is 43.3 Å². The van der Waals surface area contributed by atoms with Crippen LogP contribution in [0.15, 0.2) is 12.2 Å². The molecule has 4 unspecified atom stereocenters. The van der Waals surface area contributed by atoms with E-state index in [9.17, 15) is 0 Å². The average molecular weight is 210 g/mol. The van der Waals surface area contributed by atoms with E-state index in [2.05, 4.69) is 31.0 Å². The largest absolute Gasteiger partial charge is 0.377 e. The summed E-state index contributed by atoms with van der Waals surface area (Å²) in [7, 11) is 2.20. The summed E-state index contributed by atoms with van der Waals surface area (Å²) in [6.07, 6.45) is 7.05. The lowest BCUT2D eigenvalue weighted by atomic mass is 10.0. The van der Waals surface area contributed by atoms with E-state index in [1.807, 2.05) is 0 Å². The molecule has 0 aromatic carbocycles. The van der Waals surface area contributed by atoms with Gasteiger partial charge in [-0.05, 0) is 32.7 Å². The van der Waals surface area contributed by atoms with Crippen molar-refractivity contribution in [3.63, 3.8) is 0 Å². The van der Waals surface area contributed by atoms with Gasteiger partial charge in [-0.3, -0.25) is 0 Å². The van der Waals surface area contributed by atoms with Gasteiger partial charge in [-0.1, -0.05) is 12.2 Å². The van der Waals surface area contributed by atoms with E-state index in [0.717, 1.165) is 19.6 Å². The monoisotopic (exact) mass is 210 g/mol. The molecule has 4 atom stereocenters. The van der Waals surface area contributed by atoms with Crippen LogP contribution < -0.4 is 5.73 Å². The first-order valence-corrected chi connectivity index (χ1v) is 5.92. The first kappa shape index (κ1) is 11.1. The Bertz CT molecular complexity index is 242. The van der Waals surface area contributed by atoms with Crippen molar-refractivity contribution in [2.75, 3.05) is 20.2 Å². The lowest BCUT2D eigenvalue weighted by Gasteiger charge is -2.28. The molecule has 0 aromatic heterocycles. The van der Waals surface area contributed by atoms with Gasteiger partial charge in [0.05, 0.1) is 6.10 Å². The fourth-order valence-electron chi connectivity index (χ4n) is 2.75. The van der Waals surface area contributed by atoms with Crippen molar-refractivity contribution >= 4 is 0 Å².